The Bertz CT molecular complexity index is 1050. The molecule has 0 aliphatic rings. The molecule has 194 valence electrons. The van der Waals surface area contributed by atoms with E-state index in [1.807, 2.05) is 0 Å². The van der Waals surface area contributed by atoms with Gasteiger partial charge in [-0.3, -0.25) is 9.88 Å². The fraction of sp³-hybridized carbons (Fsp3) is 0.478. The van der Waals surface area contributed by atoms with E-state index in [1.165, 1.54) is 20.4 Å². The maximum atomic E-state index is 14.1. The molecule has 0 saturated carbocycles. The zero-order valence-electron chi connectivity index (χ0n) is 20.1. The number of amides is 1. The van der Waals surface area contributed by atoms with Crippen LogP contribution in [0.2, 0.25) is 0 Å². The molecule has 1 aromatic carbocycles. The number of nitrogens with zero attached hydrogens (tertiary/aromatic N) is 2. The third kappa shape index (κ3) is 8.16. The van der Waals surface area contributed by atoms with Crippen LogP contribution >= 0.6 is 31.9 Å². The first-order valence-electron chi connectivity index (χ1n) is 10.4. The van der Waals surface area contributed by atoms with Crippen molar-refractivity contribution < 1.29 is 36.9 Å². The lowest BCUT2D eigenvalue weighted by molar-refractivity contribution is -0.199. The molecule has 1 unspecified atom stereocenters. The van der Waals surface area contributed by atoms with E-state index in [-0.39, 0.29) is 21.2 Å². The molecule has 2 aromatic rings. The molecule has 0 fully saturated rings. The lowest BCUT2D eigenvalue weighted by Gasteiger charge is -2.32. The fourth-order valence-corrected chi connectivity index (χ4v) is 3.98. The largest absolute Gasteiger partial charge is 0.497 e. The third-order valence-corrected chi connectivity index (χ3v) is 6.12. The summed E-state index contributed by atoms with van der Waals surface area (Å²) in [5.41, 5.74) is -0.0272. The van der Waals surface area contributed by atoms with Crippen LogP contribution in [0.5, 0.6) is 17.2 Å². The Morgan fingerprint density at radius 3 is 2.34 bits per heavy atom. The monoisotopic (exact) mass is 626 g/mol. The lowest BCUT2D eigenvalue weighted by Crippen LogP contribution is -2.48. The van der Waals surface area contributed by atoms with E-state index in [0.29, 0.717) is 22.8 Å². The summed E-state index contributed by atoms with van der Waals surface area (Å²) in [6, 6.07) is 4.81. The van der Waals surface area contributed by atoms with Gasteiger partial charge in [0, 0.05) is 17.8 Å². The number of carbonyl (C=O) groups excluding carboxylic acids is 1. The van der Waals surface area contributed by atoms with Crippen LogP contribution in [-0.4, -0.2) is 54.6 Å². The maximum absolute atomic E-state index is 14.1. The van der Waals surface area contributed by atoms with Crippen molar-refractivity contribution in [3.8, 4) is 17.2 Å². The van der Waals surface area contributed by atoms with Gasteiger partial charge in [0.15, 0.2) is 5.75 Å². The van der Waals surface area contributed by atoms with Gasteiger partial charge in [-0.1, -0.05) is 0 Å². The van der Waals surface area contributed by atoms with E-state index < -0.39 is 30.5 Å². The molecule has 1 aromatic heterocycles. The van der Waals surface area contributed by atoms with Crippen LogP contribution in [0, 0.1) is 6.92 Å². The molecule has 12 heteroatoms. The number of ether oxygens (including phenoxy) is 4. The van der Waals surface area contributed by atoms with Gasteiger partial charge in [-0.25, -0.2) is 4.79 Å². The third-order valence-electron chi connectivity index (χ3n) is 4.62. The second kappa shape index (κ2) is 11.7. The summed E-state index contributed by atoms with van der Waals surface area (Å²) in [5.74, 6) is 0.761. The molecular weight excluding hydrogens is 601 g/mol. The second-order valence-corrected chi connectivity index (χ2v) is 10.2. The van der Waals surface area contributed by atoms with Crippen molar-refractivity contribution in [2.75, 3.05) is 20.8 Å². The van der Waals surface area contributed by atoms with E-state index in [1.54, 1.807) is 45.9 Å². The van der Waals surface area contributed by atoms with Gasteiger partial charge in [0.05, 0.1) is 41.9 Å². The molecule has 1 amide bonds. The minimum absolute atomic E-state index is 0.0778. The molecule has 0 saturated heterocycles. The van der Waals surface area contributed by atoms with Crippen LogP contribution in [0.4, 0.5) is 18.0 Å². The zero-order chi connectivity index (χ0) is 26.6. The molecule has 1 atom stereocenters. The minimum atomic E-state index is -4.81. The Hall–Kier alpha value is -2.21. The molecule has 2 rings (SSSR count). The number of hydrogen-bond donors (Lipinski definition) is 0. The summed E-state index contributed by atoms with van der Waals surface area (Å²) in [7, 11) is 2.89. The molecule has 7 nitrogen and oxygen atoms in total. The number of pyridine rings is 1. The first-order valence-corrected chi connectivity index (χ1v) is 12.0. The van der Waals surface area contributed by atoms with Crippen LogP contribution < -0.4 is 14.2 Å². The average molecular weight is 628 g/mol. The predicted molar refractivity (Wildman–Crippen MR) is 131 cm³/mol. The molecule has 0 bridgehead atoms. The highest BCUT2D eigenvalue weighted by Gasteiger charge is 2.45. The molecule has 0 aliphatic heterocycles. The SMILES string of the molecule is COc1ccc(CN(CC(Oc2c(Br)cnc(C)c2Br)C(F)(F)F)C(=O)OC(C)(C)C)c(OC)c1. The highest BCUT2D eigenvalue weighted by molar-refractivity contribution is 9.11. The predicted octanol–water partition coefficient (Wildman–Crippen LogP) is 6.68. The number of carbonyl (C=O) groups is 1. The van der Waals surface area contributed by atoms with Gasteiger partial charge < -0.3 is 18.9 Å². The highest BCUT2D eigenvalue weighted by Crippen LogP contribution is 2.38. The van der Waals surface area contributed by atoms with Crippen LogP contribution in [0.3, 0.4) is 0 Å². The summed E-state index contributed by atoms with van der Waals surface area (Å²) in [4.78, 5) is 18.0. The van der Waals surface area contributed by atoms with E-state index in [0.717, 1.165) is 4.90 Å². The smallest absolute Gasteiger partial charge is 0.427 e. The van der Waals surface area contributed by atoms with Crippen LogP contribution in [0.25, 0.3) is 0 Å². The normalized spacial score (nSPS) is 12.7. The average Bonchev–Trinajstić information content (AvgIpc) is 2.75. The fourth-order valence-electron chi connectivity index (χ4n) is 2.91. The number of methoxy groups -OCH3 is 2. The number of benzene rings is 1. The summed E-state index contributed by atoms with van der Waals surface area (Å²) in [5, 5.41) is 0. The number of halogens is 5. The number of aryl methyl sites for hydroxylation is 1. The van der Waals surface area contributed by atoms with Gasteiger partial charge in [-0.05, 0) is 71.7 Å². The minimum Gasteiger partial charge on any atom is -0.497 e. The van der Waals surface area contributed by atoms with E-state index in [9.17, 15) is 18.0 Å². The van der Waals surface area contributed by atoms with Gasteiger partial charge in [0.2, 0.25) is 6.10 Å². The van der Waals surface area contributed by atoms with Crippen molar-refractivity contribution in [1.82, 2.24) is 9.88 Å². The molecule has 0 N–H and O–H groups in total. The lowest BCUT2D eigenvalue weighted by atomic mass is 10.1. The zero-order valence-corrected chi connectivity index (χ0v) is 23.3. The van der Waals surface area contributed by atoms with Crippen molar-refractivity contribution in [1.29, 1.82) is 0 Å². The first-order chi connectivity index (χ1) is 16.2. The van der Waals surface area contributed by atoms with Crippen molar-refractivity contribution >= 4 is 38.0 Å². The Kier molecular flexibility index (Phi) is 9.69. The van der Waals surface area contributed by atoms with Crippen LogP contribution in [0.1, 0.15) is 32.0 Å². The second-order valence-electron chi connectivity index (χ2n) is 8.52. The van der Waals surface area contributed by atoms with Crippen molar-refractivity contribution in [3.05, 3.63) is 44.6 Å². The Balaban J connectivity index is 2.46. The van der Waals surface area contributed by atoms with Crippen LogP contribution in [0.15, 0.2) is 33.3 Å². The summed E-state index contributed by atoms with van der Waals surface area (Å²) in [6.07, 6.45) is -6.76. The van der Waals surface area contributed by atoms with Crippen molar-refractivity contribution in [2.45, 2.75) is 52.1 Å². The van der Waals surface area contributed by atoms with Gasteiger partial charge >= 0.3 is 12.3 Å². The van der Waals surface area contributed by atoms with Gasteiger partial charge in [0.1, 0.15) is 17.1 Å². The number of rotatable bonds is 8. The van der Waals surface area contributed by atoms with Crippen LogP contribution in [-0.2, 0) is 11.3 Å². The molecule has 0 aliphatic carbocycles. The Labute approximate surface area is 219 Å². The Morgan fingerprint density at radius 2 is 1.80 bits per heavy atom. The molecule has 0 radical (unpaired) electrons. The quantitative estimate of drug-likeness (QED) is 0.325. The summed E-state index contributed by atoms with van der Waals surface area (Å²) in [6.45, 7) is 5.44. The summed E-state index contributed by atoms with van der Waals surface area (Å²) < 4.78 is 64.2. The number of alkyl halides is 3. The van der Waals surface area contributed by atoms with Crippen molar-refractivity contribution in [3.63, 3.8) is 0 Å². The summed E-state index contributed by atoms with van der Waals surface area (Å²) >= 11 is 6.41. The van der Waals surface area contributed by atoms with E-state index >= 15 is 0 Å². The van der Waals surface area contributed by atoms with Gasteiger partial charge in [0.25, 0.3) is 0 Å². The van der Waals surface area contributed by atoms with Gasteiger partial charge in [-0.15, -0.1) is 0 Å². The highest BCUT2D eigenvalue weighted by atomic mass is 79.9. The molecule has 35 heavy (non-hydrogen) atoms. The van der Waals surface area contributed by atoms with E-state index in [4.69, 9.17) is 18.9 Å². The Morgan fingerprint density at radius 1 is 1.14 bits per heavy atom. The molecule has 1 heterocycles. The maximum Gasteiger partial charge on any atom is 0.427 e. The van der Waals surface area contributed by atoms with Gasteiger partial charge in [-0.2, -0.15) is 13.2 Å². The standard InChI is InChI=1S/C23H27Br2F3N2O5/c1-13-19(25)20(16(24)10-29-13)34-18(23(26,27)28)12-30(21(31)35-22(2,3)4)11-14-7-8-15(32-5)9-17(14)33-6/h7-10,18H,11-12H2,1-6H3. The van der Waals surface area contributed by atoms with E-state index in [2.05, 4.69) is 36.8 Å². The van der Waals surface area contributed by atoms with Crippen molar-refractivity contribution in [2.24, 2.45) is 0 Å². The number of aromatic nitrogens is 1. The molecule has 0 spiro atoms. The topological polar surface area (TPSA) is 70.1 Å². The molecular formula is C23H27Br2F3N2O5. The first kappa shape index (κ1) is 29.0. The number of hydrogen-bond acceptors (Lipinski definition) is 6.